The van der Waals surface area contributed by atoms with E-state index in [4.69, 9.17) is 0 Å². The van der Waals surface area contributed by atoms with Crippen LogP contribution < -0.4 is 15.4 Å². The molecule has 0 atom stereocenters. The molecule has 0 saturated carbocycles. The second kappa shape index (κ2) is 12.6. The van der Waals surface area contributed by atoms with Crippen molar-refractivity contribution in [3.63, 3.8) is 0 Å². The number of aromatic amines is 2. The monoisotopic (exact) mass is 654 g/mol. The predicted molar refractivity (Wildman–Crippen MR) is 176 cm³/mol. The fraction of sp³-hybridized carbons (Fsp3) is 0.250. The van der Waals surface area contributed by atoms with Crippen LogP contribution in [0.25, 0.3) is 56.0 Å². The van der Waals surface area contributed by atoms with Gasteiger partial charge in [0.2, 0.25) is 15.9 Å². The fourth-order valence-corrected chi connectivity index (χ4v) is 6.29. The van der Waals surface area contributed by atoms with Crippen molar-refractivity contribution in [3.8, 4) is 33.8 Å². The van der Waals surface area contributed by atoms with Crippen LogP contribution in [0.4, 0.5) is 10.1 Å². The summed E-state index contributed by atoms with van der Waals surface area (Å²) in [5, 5.41) is 14.4. The van der Waals surface area contributed by atoms with E-state index in [1.807, 2.05) is 12.1 Å². The molecule has 240 valence electrons. The number of hydrogen-bond donors (Lipinski definition) is 5. The van der Waals surface area contributed by atoms with Crippen molar-refractivity contribution in [2.45, 2.75) is 25.8 Å². The minimum absolute atomic E-state index is 0.0283. The van der Waals surface area contributed by atoms with Crippen molar-refractivity contribution in [1.29, 1.82) is 0 Å². The van der Waals surface area contributed by atoms with E-state index < -0.39 is 15.8 Å². The Balaban J connectivity index is 1.18. The second-order valence-corrected chi connectivity index (χ2v) is 13.5. The zero-order valence-corrected chi connectivity index (χ0v) is 26.2. The Morgan fingerprint density at radius 3 is 2.66 bits per heavy atom. The normalized spacial score (nSPS) is 14.2. The van der Waals surface area contributed by atoms with Gasteiger partial charge in [-0.2, -0.15) is 5.10 Å². The molecule has 0 spiro atoms. The van der Waals surface area contributed by atoms with E-state index >= 15 is 0 Å². The number of carbonyl (C=O) groups excluding carboxylic acids is 1. The van der Waals surface area contributed by atoms with Crippen LogP contribution >= 0.6 is 0 Å². The topological polar surface area (TPSA) is 183 Å². The number of halogens is 1. The molecule has 47 heavy (non-hydrogen) atoms. The van der Waals surface area contributed by atoms with Gasteiger partial charge in [0.05, 0.1) is 29.0 Å². The SMILES string of the molecule is CS(=O)(=O)NCc1cc(F)cc(-c2ccnc3nc(-c4[nH]nc5ncc(-c6cncc(NC(=O)CC7CCNCC7)c6)cc45)[nH]c23)c1. The maximum Gasteiger partial charge on any atom is 0.224 e. The van der Waals surface area contributed by atoms with Crippen LogP contribution in [0.1, 0.15) is 24.8 Å². The van der Waals surface area contributed by atoms with E-state index in [1.54, 1.807) is 36.9 Å². The summed E-state index contributed by atoms with van der Waals surface area (Å²) in [6.07, 6.45) is 10.1. The average Bonchev–Trinajstić information content (AvgIpc) is 3.68. The summed E-state index contributed by atoms with van der Waals surface area (Å²) in [6, 6.07) is 9.91. The number of hydrogen-bond acceptors (Lipinski definition) is 9. The number of sulfonamides is 1. The number of pyridine rings is 3. The lowest BCUT2D eigenvalue weighted by Crippen LogP contribution is -2.30. The molecule has 1 aromatic carbocycles. The van der Waals surface area contributed by atoms with Crippen LogP contribution in [0.3, 0.4) is 0 Å². The molecule has 6 heterocycles. The van der Waals surface area contributed by atoms with E-state index in [9.17, 15) is 17.6 Å². The quantitative estimate of drug-likeness (QED) is 0.153. The summed E-state index contributed by atoms with van der Waals surface area (Å²) >= 11 is 0. The molecule has 0 bridgehead atoms. The van der Waals surface area contributed by atoms with E-state index in [1.165, 1.54) is 12.1 Å². The first kappa shape index (κ1) is 30.5. The van der Waals surface area contributed by atoms with Crippen LogP contribution in [0.2, 0.25) is 0 Å². The van der Waals surface area contributed by atoms with Crippen LogP contribution in [0.5, 0.6) is 0 Å². The van der Waals surface area contributed by atoms with Gasteiger partial charge in [0, 0.05) is 48.2 Å². The summed E-state index contributed by atoms with van der Waals surface area (Å²) in [4.78, 5) is 34.0. The fourth-order valence-electron chi connectivity index (χ4n) is 5.86. The van der Waals surface area contributed by atoms with Crippen LogP contribution in [-0.2, 0) is 21.4 Å². The minimum atomic E-state index is -3.46. The lowest BCUT2D eigenvalue weighted by atomic mass is 9.94. The van der Waals surface area contributed by atoms with Gasteiger partial charge in [0.1, 0.15) is 11.5 Å². The van der Waals surface area contributed by atoms with E-state index in [0.29, 0.717) is 68.4 Å². The van der Waals surface area contributed by atoms with Gasteiger partial charge in [-0.1, -0.05) is 0 Å². The summed E-state index contributed by atoms with van der Waals surface area (Å²) < 4.78 is 40.2. The average molecular weight is 655 g/mol. The Labute approximate surface area is 268 Å². The highest BCUT2D eigenvalue weighted by Gasteiger charge is 2.19. The lowest BCUT2D eigenvalue weighted by molar-refractivity contribution is -0.117. The van der Waals surface area contributed by atoms with Crippen LogP contribution in [0.15, 0.2) is 61.2 Å². The number of amides is 1. The molecule has 0 radical (unpaired) electrons. The third-order valence-electron chi connectivity index (χ3n) is 8.13. The molecule has 1 aliphatic heterocycles. The molecule has 1 saturated heterocycles. The first-order valence-electron chi connectivity index (χ1n) is 15.1. The predicted octanol–water partition coefficient (Wildman–Crippen LogP) is 4.14. The number of piperidine rings is 1. The number of imidazole rings is 1. The summed E-state index contributed by atoms with van der Waals surface area (Å²) in [5.41, 5.74) is 5.82. The van der Waals surface area contributed by atoms with Crippen LogP contribution in [0, 0.1) is 11.7 Å². The number of rotatable bonds is 9. The Bertz CT molecular complexity index is 2230. The molecule has 1 fully saturated rings. The number of nitrogens with zero attached hydrogens (tertiary/aromatic N) is 5. The third-order valence-corrected chi connectivity index (χ3v) is 8.80. The van der Waals surface area contributed by atoms with Crippen LogP contribution in [-0.4, -0.2) is 68.8 Å². The molecule has 1 amide bonds. The lowest BCUT2D eigenvalue weighted by Gasteiger charge is -2.21. The number of carbonyl (C=O) groups is 1. The van der Waals surface area contributed by atoms with E-state index in [0.717, 1.165) is 43.3 Å². The van der Waals surface area contributed by atoms with Crippen molar-refractivity contribution in [2.75, 3.05) is 24.7 Å². The highest BCUT2D eigenvalue weighted by atomic mass is 32.2. The third kappa shape index (κ3) is 6.86. The molecular formula is C32H31FN10O3S. The summed E-state index contributed by atoms with van der Waals surface area (Å²) in [6.45, 7) is 1.82. The minimum Gasteiger partial charge on any atom is -0.335 e. The highest BCUT2D eigenvalue weighted by molar-refractivity contribution is 7.88. The maximum atomic E-state index is 14.6. The Kier molecular flexibility index (Phi) is 8.17. The van der Waals surface area contributed by atoms with Gasteiger partial charge in [0.25, 0.3) is 0 Å². The van der Waals surface area contributed by atoms with E-state index in [2.05, 4.69) is 50.5 Å². The molecular weight excluding hydrogens is 623 g/mol. The molecule has 15 heteroatoms. The number of nitrogens with one attached hydrogen (secondary N) is 5. The Morgan fingerprint density at radius 1 is 1.00 bits per heavy atom. The van der Waals surface area contributed by atoms with Gasteiger partial charge < -0.3 is 15.6 Å². The van der Waals surface area contributed by atoms with Gasteiger partial charge >= 0.3 is 0 Å². The first-order chi connectivity index (χ1) is 22.7. The second-order valence-electron chi connectivity index (χ2n) is 11.7. The molecule has 7 rings (SSSR count). The highest BCUT2D eigenvalue weighted by Crippen LogP contribution is 2.33. The zero-order valence-electron chi connectivity index (χ0n) is 25.3. The van der Waals surface area contributed by atoms with E-state index in [-0.39, 0.29) is 12.5 Å². The standard InChI is InChI=1S/C32H31FN10O3S/c1-47(45,46)38-14-19-8-20(11-23(33)9-19)25-4-7-36-31-28(25)40-32(41-31)29-26-13-22(16-37-30(26)43-42-29)21-12-24(17-35-15-21)39-27(44)10-18-2-5-34-6-3-18/h4,7-9,11-13,15-18,34,38H,2-3,5-6,10,14H2,1H3,(H,39,44)(H,36,40,41)(H,37,42,43). The van der Waals surface area contributed by atoms with Crippen molar-refractivity contribution in [1.82, 2.24) is 45.2 Å². The van der Waals surface area contributed by atoms with Gasteiger partial charge in [-0.05, 0) is 79.4 Å². The molecule has 0 aliphatic carbocycles. The zero-order chi connectivity index (χ0) is 32.5. The maximum absolute atomic E-state index is 14.6. The molecule has 0 unspecified atom stereocenters. The number of anilines is 1. The Morgan fingerprint density at radius 2 is 1.83 bits per heavy atom. The first-order valence-corrected chi connectivity index (χ1v) is 17.0. The van der Waals surface area contributed by atoms with Crippen molar-refractivity contribution in [2.24, 2.45) is 5.92 Å². The molecule has 1 aliphatic rings. The number of fused-ring (bicyclic) bond motifs is 2. The smallest absolute Gasteiger partial charge is 0.224 e. The van der Waals surface area contributed by atoms with Crippen molar-refractivity contribution in [3.05, 3.63) is 72.6 Å². The number of aromatic nitrogens is 7. The molecule has 13 nitrogen and oxygen atoms in total. The molecule has 5 N–H and O–H groups in total. The number of H-pyrrole nitrogens is 2. The van der Waals surface area contributed by atoms with Crippen molar-refractivity contribution < 1.29 is 17.6 Å². The molecule has 6 aromatic rings. The van der Waals surface area contributed by atoms with Gasteiger partial charge in [-0.3, -0.25) is 14.9 Å². The summed E-state index contributed by atoms with van der Waals surface area (Å²) in [5.74, 6) is 0.294. The Hall–Kier alpha value is -5.12. The van der Waals surface area contributed by atoms with Gasteiger partial charge in [-0.15, -0.1) is 0 Å². The largest absolute Gasteiger partial charge is 0.335 e. The molecule has 5 aromatic heterocycles. The van der Waals surface area contributed by atoms with Gasteiger partial charge in [0.15, 0.2) is 17.1 Å². The number of benzene rings is 1. The van der Waals surface area contributed by atoms with Gasteiger partial charge in [-0.25, -0.2) is 32.5 Å². The summed E-state index contributed by atoms with van der Waals surface area (Å²) in [7, 11) is -3.46. The van der Waals surface area contributed by atoms with Crippen molar-refractivity contribution >= 4 is 43.8 Å².